The Labute approximate surface area is 359 Å². The van der Waals surface area contributed by atoms with Gasteiger partial charge in [-0.25, -0.2) is 49.8 Å². The second-order valence-corrected chi connectivity index (χ2v) is 15.0. The molecule has 27 heteroatoms. The molecule has 20 nitrogen and oxygen atoms in total. The topological polar surface area (TPSA) is 231 Å². The summed E-state index contributed by atoms with van der Waals surface area (Å²) in [5.74, 6) is 1.58. The number of nitrogen functional groups attached to an aromatic ring is 2. The van der Waals surface area contributed by atoms with Crippen LogP contribution in [0, 0.1) is 0 Å². The van der Waals surface area contributed by atoms with Crippen molar-refractivity contribution in [2.45, 2.75) is 44.8 Å². The van der Waals surface area contributed by atoms with Crippen molar-refractivity contribution in [1.82, 2.24) is 64.3 Å². The molecule has 9 heterocycles. The third-order valence-electron chi connectivity index (χ3n) is 10.3. The van der Waals surface area contributed by atoms with Crippen molar-refractivity contribution in [2.24, 2.45) is 0 Å². The minimum atomic E-state index is -4.49. The number of aromatic nitrogens is 12. The maximum atomic E-state index is 13.8. The highest BCUT2D eigenvalue weighted by Gasteiger charge is 2.35. The summed E-state index contributed by atoms with van der Waals surface area (Å²) in [4.78, 5) is 48.3. The van der Waals surface area contributed by atoms with E-state index in [1.54, 1.807) is 0 Å². The van der Waals surface area contributed by atoms with Crippen molar-refractivity contribution >= 4 is 63.4 Å². The van der Waals surface area contributed by atoms with Crippen LogP contribution in [0.25, 0.3) is 45.1 Å². The number of hydrogen-bond acceptors (Lipinski definition) is 18. The first-order chi connectivity index (χ1) is 30.1. The highest BCUT2D eigenvalue weighted by atomic mass is 35.5. The number of morpholine rings is 2. The van der Waals surface area contributed by atoms with Gasteiger partial charge in [-0.05, 0) is 18.0 Å². The standard InChI is InChI=1S/C21H27F3N10O.C15H14ClF3N8O/c1-2-14-11-33(4-3-26-14)20-29-15-17(32-5-7-35-8-6-32)30-16(13-9-27-19(25)28-10-13)31-18(15)34(20)12-21(22,23)24;16-13-23-9-11(26-1-3-28-4-2-26)24-10(8-5-21-14(20)22-6-8)25-12(9)27(13)7-15(17,18)19/h9-10,14,26H,2-8,11-12H2,1H3,(H2,25,27,28);5-6H,1-4,7H2,(H2,20,21,22)/t14-;/m0./s1. The lowest BCUT2D eigenvalue weighted by atomic mass is 10.2. The number of nitrogens with one attached hydrogen (secondary N) is 1. The van der Waals surface area contributed by atoms with Gasteiger partial charge in [-0.3, -0.25) is 9.13 Å². The third kappa shape index (κ3) is 9.97. The van der Waals surface area contributed by atoms with Crippen molar-refractivity contribution in [2.75, 3.05) is 98.4 Å². The van der Waals surface area contributed by atoms with Crippen molar-refractivity contribution in [3.8, 4) is 22.8 Å². The summed E-state index contributed by atoms with van der Waals surface area (Å²) in [6.45, 7) is 5.24. The number of ether oxygens (including phenoxy) is 2. The summed E-state index contributed by atoms with van der Waals surface area (Å²) in [5.41, 5.74) is 12.6. The van der Waals surface area contributed by atoms with Crippen LogP contribution in [0.3, 0.4) is 0 Å². The predicted molar refractivity (Wildman–Crippen MR) is 219 cm³/mol. The molecular weight excluding hydrogens is 866 g/mol. The molecule has 63 heavy (non-hydrogen) atoms. The molecule has 0 saturated carbocycles. The van der Waals surface area contributed by atoms with Crippen molar-refractivity contribution < 1.29 is 35.8 Å². The highest BCUT2D eigenvalue weighted by Crippen LogP contribution is 2.35. The number of hydrogen-bond donors (Lipinski definition) is 3. The summed E-state index contributed by atoms with van der Waals surface area (Å²) < 4.78 is 93.2. The van der Waals surface area contributed by atoms with E-state index in [0.29, 0.717) is 101 Å². The number of piperazine rings is 1. The van der Waals surface area contributed by atoms with E-state index in [0.717, 1.165) is 15.6 Å². The van der Waals surface area contributed by atoms with Gasteiger partial charge in [0.05, 0.1) is 37.6 Å². The molecule has 0 aromatic carbocycles. The van der Waals surface area contributed by atoms with Crippen molar-refractivity contribution in [3.05, 3.63) is 30.1 Å². The monoisotopic (exact) mass is 906 g/mol. The third-order valence-corrected chi connectivity index (χ3v) is 10.6. The molecule has 1 atom stereocenters. The van der Waals surface area contributed by atoms with Gasteiger partial charge in [-0.2, -0.15) is 26.3 Å². The average molecular weight is 907 g/mol. The molecule has 5 N–H and O–H groups in total. The molecule has 3 aliphatic rings. The van der Waals surface area contributed by atoms with Crippen LogP contribution in [0.5, 0.6) is 0 Å². The minimum Gasteiger partial charge on any atom is -0.378 e. The Bertz CT molecular complexity index is 2530. The van der Waals surface area contributed by atoms with Crippen LogP contribution in [0.2, 0.25) is 5.28 Å². The molecule has 6 aromatic heterocycles. The number of nitrogens with two attached hydrogens (primary N) is 2. The molecule has 0 bridgehead atoms. The van der Waals surface area contributed by atoms with E-state index in [9.17, 15) is 26.3 Å². The van der Waals surface area contributed by atoms with E-state index in [4.69, 9.17) is 42.5 Å². The average Bonchev–Trinajstić information content (AvgIpc) is 3.78. The Morgan fingerprint density at radius 3 is 1.59 bits per heavy atom. The van der Waals surface area contributed by atoms with Crippen LogP contribution in [-0.2, 0) is 22.6 Å². The van der Waals surface area contributed by atoms with Gasteiger partial charge in [0.1, 0.15) is 13.1 Å². The summed E-state index contributed by atoms with van der Waals surface area (Å²) in [5, 5.41) is 3.08. The fourth-order valence-corrected chi connectivity index (χ4v) is 7.48. The lowest BCUT2D eigenvalue weighted by Crippen LogP contribution is -2.51. The normalized spacial score (nSPS) is 17.7. The van der Waals surface area contributed by atoms with Crippen molar-refractivity contribution in [1.29, 1.82) is 0 Å². The Balaban J connectivity index is 0.000000177. The first kappa shape index (κ1) is 43.7. The van der Waals surface area contributed by atoms with Crippen LogP contribution >= 0.6 is 11.6 Å². The number of rotatable bonds is 8. The van der Waals surface area contributed by atoms with Gasteiger partial charge in [0, 0.05) is 76.6 Å². The van der Waals surface area contributed by atoms with Gasteiger partial charge in [0.15, 0.2) is 45.6 Å². The quantitative estimate of drug-likeness (QED) is 0.147. The van der Waals surface area contributed by atoms with E-state index < -0.39 is 25.4 Å². The van der Waals surface area contributed by atoms with Gasteiger partial charge < -0.3 is 41.0 Å². The molecule has 3 fully saturated rings. The smallest absolute Gasteiger partial charge is 0.378 e. The molecule has 6 aromatic rings. The van der Waals surface area contributed by atoms with Crippen LogP contribution in [-0.4, -0.2) is 150 Å². The zero-order valence-electron chi connectivity index (χ0n) is 33.6. The van der Waals surface area contributed by atoms with E-state index in [-0.39, 0.29) is 57.6 Å². The van der Waals surface area contributed by atoms with Gasteiger partial charge in [0.25, 0.3) is 0 Å². The SMILES string of the molecule is CC[C@H]1CN(c2nc3c(N4CCOCC4)nc(-c4cnc(N)nc4)nc3n2CC(F)(F)F)CCN1.Nc1ncc(-c2nc(N3CCOCC3)c3nc(Cl)n(CC(F)(F)F)c3n2)cn1. The molecule has 0 aliphatic carbocycles. The highest BCUT2D eigenvalue weighted by molar-refractivity contribution is 6.29. The Hall–Kier alpha value is -5.99. The fourth-order valence-electron chi connectivity index (χ4n) is 7.26. The van der Waals surface area contributed by atoms with E-state index in [1.807, 2.05) is 21.6 Å². The first-order valence-corrected chi connectivity index (χ1v) is 20.2. The fraction of sp³-hybridized carbons (Fsp3) is 0.500. The zero-order valence-corrected chi connectivity index (χ0v) is 34.4. The lowest BCUT2D eigenvalue weighted by molar-refractivity contribution is -0.140. The Morgan fingerprint density at radius 2 is 1.11 bits per heavy atom. The van der Waals surface area contributed by atoms with Gasteiger partial charge >= 0.3 is 12.4 Å². The van der Waals surface area contributed by atoms with Gasteiger partial charge in [-0.15, -0.1) is 0 Å². The second kappa shape index (κ2) is 18.0. The number of alkyl halides is 6. The Kier molecular flexibility index (Phi) is 12.5. The molecule has 0 amide bonds. The van der Waals surface area contributed by atoms with E-state index in [2.05, 4.69) is 45.2 Å². The van der Waals surface area contributed by atoms with Crippen molar-refractivity contribution in [3.63, 3.8) is 0 Å². The van der Waals surface area contributed by atoms with Crippen LogP contribution in [0.15, 0.2) is 24.8 Å². The molecule has 0 radical (unpaired) electrons. The van der Waals surface area contributed by atoms with E-state index in [1.165, 1.54) is 24.8 Å². The number of nitrogens with zero attached hydrogens (tertiary/aromatic N) is 15. The molecule has 9 rings (SSSR count). The predicted octanol–water partition coefficient (Wildman–Crippen LogP) is 3.37. The molecule has 3 saturated heterocycles. The number of anilines is 5. The van der Waals surface area contributed by atoms with Crippen LogP contribution in [0.4, 0.5) is 55.8 Å². The molecular formula is C36H41ClF6N18O2. The maximum Gasteiger partial charge on any atom is 0.406 e. The lowest BCUT2D eigenvalue weighted by Gasteiger charge is -2.34. The number of fused-ring (bicyclic) bond motifs is 2. The Morgan fingerprint density at radius 1 is 0.651 bits per heavy atom. The number of halogens is 7. The van der Waals surface area contributed by atoms with E-state index >= 15 is 0 Å². The summed E-state index contributed by atoms with van der Waals surface area (Å²) in [6.07, 6.45) is -2.38. The minimum absolute atomic E-state index is 0.0226. The summed E-state index contributed by atoms with van der Waals surface area (Å²) in [6, 6.07) is 0.162. The van der Waals surface area contributed by atoms with Gasteiger partial charge in [0.2, 0.25) is 23.1 Å². The molecule has 0 unspecified atom stereocenters. The van der Waals surface area contributed by atoms with Gasteiger partial charge in [-0.1, -0.05) is 6.92 Å². The molecule has 336 valence electrons. The summed E-state index contributed by atoms with van der Waals surface area (Å²) in [7, 11) is 0. The van der Waals surface area contributed by atoms with Crippen LogP contribution in [0.1, 0.15) is 13.3 Å². The molecule has 3 aliphatic heterocycles. The van der Waals surface area contributed by atoms with Crippen LogP contribution < -0.4 is 31.5 Å². The maximum absolute atomic E-state index is 13.8. The largest absolute Gasteiger partial charge is 0.406 e. The summed E-state index contributed by atoms with van der Waals surface area (Å²) >= 11 is 6.00. The zero-order chi connectivity index (χ0) is 44.5. The number of imidazole rings is 2. The second-order valence-electron chi connectivity index (χ2n) is 14.6. The first-order valence-electron chi connectivity index (χ1n) is 19.8. The molecule has 0 spiro atoms.